The number of hydrogen-bond donors (Lipinski definition) is 1. The molecule has 2 fully saturated rings. The van der Waals surface area contributed by atoms with Crippen LogP contribution in [0.25, 0.3) is 0 Å². The number of nitrogens with one attached hydrogen (secondary N) is 1. The molecule has 68 valence electrons. The lowest BCUT2D eigenvalue weighted by Gasteiger charge is -2.27. The van der Waals surface area contributed by atoms with Crippen LogP contribution in [0.15, 0.2) is 0 Å². The molecule has 0 aromatic carbocycles. The summed E-state index contributed by atoms with van der Waals surface area (Å²) < 4.78 is 10.3. The molecule has 1 N–H and O–H groups in total. The maximum Gasteiger partial charge on any atom is 0.407 e. The van der Waals surface area contributed by atoms with Crippen LogP contribution in [0.3, 0.4) is 0 Å². The highest BCUT2D eigenvalue weighted by molar-refractivity contribution is 5.70. The molecule has 2 atom stereocenters. The number of carbonyl (C=O) groups excluding carboxylic acids is 1. The minimum absolute atomic E-state index is 0.129. The molecule has 2 saturated heterocycles. The molecule has 0 aromatic rings. The van der Waals surface area contributed by atoms with Crippen LogP contribution in [-0.2, 0) is 9.47 Å². The number of rotatable bonds is 1. The molecule has 2 heterocycles. The van der Waals surface area contributed by atoms with E-state index in [2.05, 4.69) is 5.32 Å². The van der Waals surface area contributed by atoms with E-state index >= 15 is 0 Å². The molecule has 0 spiro atoms. The lowest BCUT2D eigenvalue weighted by atomic mass is 9.94. The quantitative estimate of drug-likeness (QED) is 0.630. The highest BCUT2D eigenvalue weighted by atomic mass is 16.6. The van der Waals surface area contributed by atoms with Crippen LogP contribution in [0.4, 0.5) is 4.79 Å². The highest BCUT2D eigenvalue weighted by Gasteiger charge is 2.44. The van der Waals surface area contributed by atoms with Crippen molar-refractivity contribution in [3.05, 3.63) is 0 Å². The predicted molar refractivity (Wildman–Crippen MR) is 41.9 cm³/mol. The second-order valence-corrected chi connectivity index (χ2v) is 3.62. The van der Waals surface area contributed by atoms with Crippen LogP contribution in [0.2, 0.25) is 0 Å². The monoisotopic (exact) mass is 171 g/mol. The molecular formula is C8H13NO3. The van der Waals surface area contributed by atoms with Gasteiger partial charge in [0.25, 0.3) is 0 Å². The summed E-state index contributed by atoms with van der Waals surface area (Å²) in [6, 6.07) is 0. The molecule has 0 radical (unpaired) electrons. The topological polar surface area (TPSA) is 47.6 Å². The zero-order chi connectivity index (χ0) is 8.60. The second kappa shape index (κ2) is 2.62. The molecule has 0 aliphatic carbocycles. The number of carbonyl (C=O) groups is 1. The van der Waals surface area contributed by atoms with Gasteiger partial charge in [0.2, 0.25) is 0 Å². The van der Waals surface area contributed by atoms with E-state index in [4.69, 9.17) is 9.47 Å². The molecule has 2 unspecified atom stereocenters. The van der Waals surface area contributed by atoms with Gasteiger partial charge in [0.15, 0.2) is 0 Å². The van der Waals surface area contributed by atoms with Crippen molar-refractivity contribution >= 4 is 6.09 Å². The Morgan fingerprint density at radius 1 is 1.67 bits per heavy atom. The minimum atomic E-state index is -0.326. The number of ether oxygens (including phenoxy) is 2. The maximum atomic E-state index is 10.8. The van der Waals surface area contributed by atoms with Crippen molar-refractivity contribution in [2.24, 2.45) is 0 Å². The average Bonchev–Trinajstić information content (AvgIpc) is 2.59. The molecule has 2 aliphatic heterocycles. The van der Waals surface area contributed by atoms with Gasteiger partial charge in [-0.05, 0) is 19.8 Å². The predicted octanol–water partition coefficient (Wildman–Crippen LogP) is 0.664. The van der Waals surface area contributed by atoms with E-state index in [1.807, 2.05) is 6.92 Å². The minimum Gasteiger partial charge on any atom is -0.447 e. The first kappa shape index (κ1) is 7.86. The lowest BCUT2D eigenvalue weighted by molar-refractivity contribution is 0.0388. The molecule has 12 heavy (non-hydrogen) atoms. The normalized spacial score (nSPS) is 41.1. The first-order chi connectivity index (χ1) is 5.71. The van der Waals surface area contributed by atoms with Gasteiger partial charge in [-0.3, -0.25) is 0 Å². The summed E-state index contributed by atoms with van der Waals surface area (Å²) >= 11 is 0. The van der Waals surface area contributed by atoms with E-state index < -0.39 is 0 Å². The molecule has 4 heteroatoms. The van der Waals surface area contributed by atoms with Gasteiger partial charge in [-0.15, -0.1) is 0 Å². The molecule has 1 amide bonds. The molecule has 0 bridgehead atoms. The average molecular weight is 171 g/mol. The summed E-state index contributed by atoms with van der Waals surface area (Å²) in [5, 5.41) is 2.79. The van der Waals surface area contributed by atoms with Crippen molar-refractivity contribution in [2.45, 2.75) is 31.4 Å². The van der Waals surface area contributed by atoms with Gasteiger partial charge in [-0.2, -0.15) is 0 Å². The molecule has 2 aliphatic rings. The number of hydrogen-bond acceptors (Lipinski definition) is 3. The summed E-state index contributed by atoms with van der Waals surface area (Å²) in [5.74, 6) is 0. The second-order valence-electron chi connectivity index (χ2n) is 3.62. The molecule has 0 aromatic heterocycles. The Hall–Kier alpha value is -0.770. The van der Waals surface area contributed by atoms with E-state index in [1.165, 1.54) is 0 Å². The molecule has 0 saturated carbocycles. The Kier molecular flexibility index (Phi) is 1.72. The van der Waals surface area contributed by atoms with Crippen molar-refractivity contribution < 1.29 is 14.3 Å². The van der Waals surface area contributed by atoms with Gasteiger partial charge in [-0.1, -0.05) is 0 Å². The van der Waals surface area contributed by atoms with Gasteiger partial charge in [0.1, 0.15) is 12.1 Å². The van der Waals surface area contributed by atoms with Crippen molar-refractivity contribution in [3.63, 3.8) is 0 Å². The standard InChI is InChI=1S/C8H13NO3/c1-8(5-12-7(10)9-8)6-3-2-4-11-6/h6H,2-5H2,1H3,(H,9,10). The molecule has 4 nitrogen and oxygen atoms in total. The van der Waals surface area contributed by atoms with Crippen LogP contribution in [0.5, 0.6) is 0 Å². The van der Waals surface area contributed by atoms with Gasteiger partial charge in [0, 0.05) is 6.61 Å². The van der Waals surface area contributed by atoms with Crippen LogP contribution in [-0.4, -0.2) is 30.9 Å². The molecular weight excluding hydrogens is 158 g/mol. The highest BCUT2D eigenvalue weighted by Crippen LogP contribution is 2.26. The zero-order valence-electron chi connectivity index (χ0n) is 7.13. The third-order valence-corrected chi connectivity index (χ3v) is 2.53. The van der Waals surface area contributed by atoms with Crippen LogP contribution in [0.1, 0.15) is 19.8 Å². The van der Waals surface area contributed by atoms with E-state index in [-0.39, 0.29) is 17.7 Å². The number of alkyl carbamates (subject to hydrolysis) is 1. The number of amides is 1. The van der Waals surface area contributed by atoms with Crippen molar-refractivity contribution in [1.82, 2.24) is 5.32 Å². The largest absolute Gasteiger partial charge is 0.447 e. The summed E-state index contributed by atoms with van der Waals surface area (Å²) in [4.78, 5) is 10.8. The van der Waals surface area contributed by atoms with E-state index in [1.54, 1.807) is 0 Å². The van der Waals surface area contributed by atoms with Crippen molar-refractivity contribution in [1.29, 1.82) is 0 Å². The Morgan fingerprint density at radius 2 is 2.50 bits per heavy atom. The van der Waals surface area contributed by atoms with Crippen LogP contribution >= 0.6 is 0 Å². The first-order valence-electron chi connectivity index (χ1n) is 4.27. The Balaban J connectivity index is 2.05. The van der Waals surface area contributed by atoms with E-state index in [0.717, 1.165) is 19.4 Å². The zero-order valence-corrected chi connectivity index (χ0v) is 7.13. The van der Waals surface area contributed by atoms with Gasteiger partial charge < -0.3 is 14.8 Å². The van der Waals surface area contributed by atoms with Crippen LogP contribution < -0.4 is 5.32 Å². The third kappa shape index (κ3) is 1.16. The fourth-order valence-corrected chi connectivity index (χ4v) is 1.77. The first-order valence-corrected chi connectivity index (χ1v) is 4.27. The van der Waals surface area contributed by atoms with Gasteiger partial charge in [-0.25, -0.2) is 4.79 Å². The Labute approximate surface area is 71.2 Å². The molecule has 2 rings (SSSR count). The maximum absolute atomic E-state index is 10.8. The summed E-state index contributed by atoms with van der Waals surface area (Å²) in [6.45, 7) is 3.19. The van der Waals surface area contributed by atoms with Crippen LogP contribution in [0, 0.1) is 0 Å². The summed E-state index contributed by atoms with van der Waals surface area (Å²) in [7, 11) is 0. The van der Waals surface area contributed by atoms with E-state index in [9.17, 15) is 4.79 Å². The number of cyclic esters (lactones) is 1. The van der Waals surface area contributed by atoms with Crippen molar-refractivity contribution in [2.75, 3.05) is 13.2 Å². The summed E-state index contributed by atoms with van der Waals surface area (Å²) in [5.41, 5.74) is -0.298. The smallest absolute Gasteiger partial charge is 0.407 e. The fourth-order valence-electron chi connectivity index (χ4n) is 1.77. The van der Waals surface area contributed by atoms with Gasteiger partial charge in [0.05, 0.1) is 6.10 Å². The van der Waals surface area contributed by atoms with E-state index in [0.29, 0.717) is 6.61 Å². The Morgan fingerprint density at radius 3 is 3.00 bits per heavy atom. The van der Waals surface area contributed by atoms with Gasteiger partial charge >= 0.3 is 6.09 Å². The summed E-state index contributed by atoms with van der Waals surface area (Å²) in [6.07, 6.45) is 1.90. The van der Waals surface area contributed by atoms with Crippen molar-refractivity contribution in [3.8, 4) is 0 Å². The SMILES string of the molecule is CC1(C2CCCO2)COC(=O)N1. The lowest BCUT2D eigenvalue weighted by Crippen LogP contribution is -2.50. The fraction of sp³-hybridized carbons (Fsp3) is 0.875. The Bertz CT molecular complexity index is 200. The third-order valence-electron chi connectivity index (χ3n) is 2.53.